The zero-order valence-corrected chi connectivity index (χ0v) is 9.49. The molecule has 0 aliphatic carbocycles. The average molecular weight is 214 g/mol. The predicted molar refractivity (Wildman–Crippen MR) is 58.2 cm³/mol. The maximum atomic E-state index is 9.99. The molecule has 78 valence electrons. The SMILES string of the molecule is CC(C)C(C)C(O)c1ncccc1Cl. The third-order valence-electron chi connectivity index (χ3n) is 2.62. The summed E-state index contributed by atoms with van der Waals surface area (Å²) in [5, 5.41) is 10.5. The second kappa shape index (κ2) is 4.76. The number of pyridine rings is 1. The topological polar surface area (TPSA) is 33.1 Å². The van der Waals surface area contributed by atoms with Crippen LogP contribution in [0.15, 0.2) is 18.3 Å². The van der Waals surface area contributed by atoms with Crippen LogP contribution in [0.3, 0.4) is 0 Å². The van der Waals surface area contributed by atoms with Gasteiger partial charge < -0.3 is 5.11 Å². The summed E-state index contributed by atoms with van der Waals surface area (Å²) in [7, 11) is 0. The van der Waals surface area contributed by atoms with Crippen LogP contribution >= 0.6 is 11.6 Å². The van der Waals surface area contributed by atoms with Crippen LogP contribution in [0.2, 0.25) is 5.02 Å². The van der Waals surface area contributed by atoms with Crippen LogP contribution in [0.1, 0.15) is 32.6 Å². The molecule has 2 nitrogen and oxygen atoms in total. The van der Waals surface area contributed by atoms with Gasteiger partial charge in [0.1, 0.15) is 6.10 Å². The van der Waals surface area contributed by atoms with Gasteiger partial charge in [0.25, 0.3) is 0 Å². The molecule has 0 saturated heterocycles. The van der Waals surface area contributed by atoms with E-state index in [4.69, 9.17) is 11.6 Å². The second-order valence-electron chi connectivity index (χ2n) is 3.92. The van der Waals surface area contributed by atoms with Gasteiger partial charge in [-0.15, -0.1) is 0 Å². The smallest absolute Gasteiger partial charge is 0.100 e. The fourth-order valence-electron chi connectivity index (χ4n) is 1.23. The number of hydrogen-bond donors (Lipinski definition) is 1. The number of aliphatic hydroxyl groups is 1. The lowest BCUT2D eigenvalue weighted by molar-refractivity contribution is 0.0883. The number of nitrogens with zero attached hydrogens (tertiary/aromatic N) is 1. The van der Waals surface area contributed by atoms with Crippen molar-refractivity contribution in [3.05, 3.63) is 29.0 Å². The molecule has 1 aromatic rings. The Morgan fingerprint density at radius 3 is 2.50 bits per heavy atom. The van der Waals surface area contributed by atoms with Gasteiger partial charge in [-0.25, -0.2) is 0 Å². The number of halogens is 1. The Morgan fingerprint density at radius 1 is 1.36 bits per heavy atom. The van der Waals surface area contributed by atoms with Crippen molar-refractivity contribution in [1.82, 2.24) is 4.98 Å². The van der Waals surface area contributed by atoms with E-state index in [0.29, 0.717) is 16.6 Å². The fraction of sp³-hybridized carbons (Fsp3) is 0.545. The normalized spacial score (nSPS) is 15.6. The quantitative estimate of drug-likeness (QED) is 0.837. The van der Waals surface area contributed by atoms with Crippen LogP contribution in [-0.4, -0.2) is 10.1 Å². The summed E-state index contributed by atoms with van der Waals surface area (Å²) in [5.74, 6) is 0.561. The van der Waals surface area contributed by atoms with Gasteiger partial charge in [0.05, 0.1) is 10.7 Å². The molecule has 2 atom stereocenters. The summed E-state index contributed by atoms with van der Waals surface area (Å²) in [6.07, 6.45) is 1.07. The number of aliphatic hydroxyl groups excluding tert-OH is 1. The summed E-state index contributed by atoms with van der Waals surface area (Å²) in [6, 6.07) is 3.51. The molecule has 1 N–H and O–H groups in total. The summed E-state index contributed by atoms with van der Waals surface area (Å²) in [6.45, 7) is 6.15. The molecule has 1 rings (SSSR count). The molecule has 0 bridgehead atoms. The number of hydrogen-bond acceptors (Lipinski definition) is 2. The Labute approximate surface area is 89.9 Å². The van der Waals surface area contributed by atoms with Crippen molar-refractivity contribution in [2.75, 3.05) is 0 Å². The van der Waals surface area contributed by atoms with E-state index in [9.17, 15) is 5.11 Å². The third-order valence-corrected chi connectivity index (χ3v) is 2.94. The van der Waals surface area contributed by atoms with Crippen molar-refractivity contribution in [1.29, 1.82) is 0 Å². The van der Waals surface area contributed by atoms with Crippen LogP contribution in [0.25, 0.3) is 0 Å². The Bertz CT molecular complexity index is 301. The van der Waals surface area contributed by atoms with E-state index >= 15 is 0 Å². The largest absolute Gasteiger partial charge is 0.386 e. The second-order valence-corrected chi connectivity index (χ2v) is 4.33. The molecule has 0 aliphatic rings. The molecular formula is C11H16ClNO. The van der Waals surface area contributed by atoms with Crippen LogP contribution in [0.5, 0.6) is 0 Å². The van der Waals surface area contributed by atoms with Crippen LogP contribution in [0, 0.1) is 11.8 Å². The molecule has 0 aliphatic heterocycles. The van der Waals surface area contributed by atoms with Gasteiger partial charge in [0.2, 0.25) is 0 Å². The zero-order chi connectivity index (χ0) is 10.7. The molecule has 3 heteroatoms. The molecule has 0 aromatic carbocycles. The molecule has 2 unspecified atom stereocenters. The first-order valence-corrected chi connectivity index (χ1v) is 5.20. The molecule has 0 fully saturated rings. The van der Waals surface area contributed by atoms with Gasteiger partial charge in [-0.05, 0) is 24.0 Å². The molecule has 0 amide bonds. The highest BCUT2D eigenvalue weighted by Crippen LogP contribution is 2.29. The first-order valence-electron chi connectivity index (χ1n) is 4.82. The number of rotatable bonds is 3. The minimum absolute atomic E-state index is 0.155. The van der Waals surface area contributed by atoms with E-state index in [1.165, 1.54) is 0 Å². The Hall–Kier alpha value is -0.600. The van der Waals surface area contributed by atoms with Crippen molar-refractivity contribution >= 4 is 11.6 Å². The van der Waals surface area contributed by atoms with Crippen molar-refractivity contribution in [3.8, 4) is 0 Å². The van der Waals surface area contributed by atoms with E-state index in [-0.39, 0.29) is 5.92 Å². The molecule has 0 spiro atoms. The molecule has 1 aromatic heterocycles. The molecule has 0 radical (unpaired) electrons. The Kier molecular flexibility index (Phi) is 3.90. The van der Waals surface area contributed by atoms with Crippen molar-refractivity contribution in [3.63, 3.8) is 0 Å². The van der Waals surface area contributed by atoms with Gasteiger partial charge in [0.15, 0.2) is 0 Å². The molecule has 0 saturated carbocycles. The monoisotopic (exact) mass is 213 g/mol. The van der Waals surface area contributed by atoms with Crippen LogP contribution in [0.4, 0.5) is 0 Å². The van der Waals surface area contributed by atoms with Gasteiger partial charge in [0, 0.05) is 6.20 Å². The molecule has 14 heavy (non-hydrogen) atoms. The van der Waals surface area contributed by atoms with Crippen molar-refractivity contribution in [2.24, 2.45) is 11.8 Å². The van der Waals surface area contributed by atoms with Gasteiger partial charge in [-0.2, -0.15) is 0 Å². The van der Waals surface area contributed by atoms with Crippen LogP contribution < -0.4 is 0 Å². The Balaban J connectivity index is 2.89. The standard InChI is InChI=1S/C11H16ClNO/c1-7(2)8(3)11(14)10-9(12)5-4-6-13-10/h4-8,11,14H,1-3H3. The van der Waals surface area contributed by atoms with Crippen molar-refractivity contribution < 1.29 is 5.11 Å². The van der Waals surface area contributed by atoms with Gasteiger partial charge in [-0.1, -0.05) is 32.4 Å². The highest BCUT2D eigenvalue weighted by molar-refractivity contribution is 6.31. The average Bonchev–Trinajstić information content (AvgIpc) is 2.16. The van der Waals surface area contributed by atoms with E-state index in [1.54, 1.807) is 18.3 Å². The third kappa shape index (κ3) is 2.46. The molecule has 1 heterocycles. The van der Waals surface area contributed by atoms with Crippen molar-refractivity contribution in [2.45, 2.75) is 26.9 Å². The Morgan fingerprint density at radius 2 is 2.00 bits per heavy atom. The summed E-state index contributed by atoms with van der Waals surface area (Å²) in [5.41, 5.74) is 0.579. The minimum atomic E-state index is -0.580. The molecular weight excluding hydrogens is 198 g/mol. The highest BCUT2D eigenvalue weighted by Gasteiger charge is 2.22. The van der Waals surface area contributed by atoms with E-state index in [1.807, 2.05) is 6.92 Å². The van der Waals surface area contributed by atoms with E-state index in [0.717, 1.165) is 0 Å². The lowest BCUT2D eigenvalue weighted by atomic mass is 9.90. The van der Waals surface area contributed by atoms with Crippen LogP contribution in [-0.2, 0) is 0 Å². The van der Waals surface area contributed by atoms with E-state index < -0.39 is 6.10 Å². The van der Waals surface area contributed by atoms with Gasteiger partial charge >= 0.3 is 0 Å². The minimum Gasteiger partial charge on any atom is -0.386 e. The number of aromatic nitrogens is 1. The lowest BCUT2D eigenvalue weighted by Crippen LogP contribution is -2.16. The summed E-state index contributed by atoms with van der Waals surface area (Å²) < 4.78 is 0. The fourth-order valence-corrected chi connectivity index (χ4v) is 1.46. The predicted octanol–water partition coefficient (Wildman–Crippen LogP) is 3.06. The van der Waals surface area contributed by atoms with Gasteiger partial charge in [-0.3, -0.25) is 4.98 Å². The maximum absolute atomic E-state index is 9.99. The highest BCUT2D eigenvalue weighted by atomic mass is 35.5. The lowest BCUT2D eigenvalue weighted by Gasteiger charge is -2.22. The zero-order valence-electron chi connectivity index (χ0n) is 8.74. The maximum Gasteiger partial charge on any atom is 0.100 e. The first-order chi connectivity index (χ1) is 6.54. The summed E-state index contributed by atoms with van der Waals surface area (Å²) >= 11 is 5.95. The van der Waals surface area contributed by atoms with E-state index in [2.05, 4.69) is 18.8 Å². The first kappa shape index (κ1) is 11.5. The summed E-state index contributed by atoms with van der Waals surface area (Å²) in [4.78, 5) is 4.10.